The molecule has 0 aliphatic rings. The van der Waals surface area contributed by atoms with Crippen LogP contribution in [-0.2, 0) is 9.53 Å². The van der Waals surface area contributed by atoms with Crippen LogP contribution in [0.3, 0.4) is 0 Å². The van der Waals surface area contributed by atoms with Crippen molar-refractivity contribution in [1.82, 2.24) is 0 Å². The summed E-state index contributed by atoms with van der Waals surface area (Å²) >= 11 is 0. The summed E-state index contributed by atoms with van der Waals surface area (Å²) in [5.74, 6) is -2.27. The van der Waals surface area contributed by atoms with Crippen molar-refractivity contribution in [2.24, 2.45) is 0 Å². The van der Waals surface area contributed by atoms with Gasteiger partial charge < -0.3 is 20.5 Å². The number of nitrogens with one attached hydrogen (secondary N) is 1. The van der Waals surface area contributed by atoms with Gasteiger partial charge in [-0.1, -0.05) is 0 Å². The lowest BCUT2D eigenvalue weighted by atomic mass is 10.2. The van der Waals surface area contributed by atoms with Crippen LogP contribution in [0.25, 0.3) is 0 Å². The summed E-state index contributed by atoms with van der Waals surface area (Å²) in [5.41, 5.74) is 5.50. The molecule has 0 fully saturated rings. The molecule has 0 radical (unpaired) electrons. The lowest BCUT2D eigenvalue weighted by molar-refractivity contribution is -0.138. The van der Waals surface area contributed by atoms with Crippen molar-refractivity contribution in [3.8, 4) is 5.75 Å². The van der Waals surface area contributed by atoms with Crippen LogP contribution in [0.1, 0.15) is 0 Å². The van der Waals surface area contributed by atoms with Gasteiger partial charge in [-0.25, -0.2) is 4.39 Å². The Morgan fingerprint density at radius 2 is 2.17 bits per heavy atom. The number of benzene rings is 1. The van der Waals surface area contributed by atoms with E-state index in [0.29, 0.717) is 0 Å². The maximum absolute atomic E-state index is 13.2. The largest absolute Gasteiger partial charge is 0.468 e. The minimum absolute atomic E-state index is 0.0435. The Labute approximate surface area is 101 Å². The van der Waals surface area contributed by atoms with Crippen molar-refractivity contribution >= 4 is 17.3 Å². The van der Waals surface area contributed by atoms with Crippen LogP contribution < -0.4 is 15.8 Å². The van der Waals surface area contributed by atoms with E-state index in [0.717, 1.165) is 12.1 Å². The van der Waals surface area contributed by atoms with E-state index in [-0.39, 0.29) is 17.9 Å². The summed E-state index contributed by atoms with van der Waals surface area (Å²) in [6.07, 6.45) is 0. The molecular weight excluding hydrogens is 253 g/mol. The first-order valence-electron chi connectivity index (χ1n) is 4.78. The third-order valence-electron chi connectivity index (χ3n) is 1.97. The first kappa shape index (κ1) is 13.9. The second-order valence-electron chi connectivity index (χ2n) is 3.18. The average Bonchev–Trinajstić information content (AvgIpc) is 2.30. The Balaban J connectivity index is 2.87. The monoisotopic (exact) mass is 264 g/mol. The number of hydrogen-bond acceptors (Lipinski definition) is 5. The third kappa shape index (κ3) is 3.72. The van der Waals surface area contributed by atoms with Gasteiger partial charge in [0.25, 0.3) is 0 Å². The quantitative estimate of drug-likeness (QED) is 0.624. The number of anilines is 2. The molecule has 1 aromatic rings. The van der Waals surface area contributed by atoms with Crippen LogP contribution in [0.15, 0.2) is 12.1 Å². The number of carbonyl (C=O) groups excluding carboxylic acids is 1. The van der Waals surface area contributed by atoms with E-state index >= 15 is 0 Å². The van der Waals surface area contributed by atoms with Gasteiger partial charge in [-0.15, -0.1) is 0 Å². The first-order chi connectivity index (χ1) is 8.43. The van der Waals surface area contributed by atoms with Gasteiger partial charge >= 0.3 is 12.6 Å². The smallest absolute Gasteiger partial charge is 0.387 e. The zero-order valence-electron chi connectivity index (χ0n) is 9.38. The summed E-state index contributed by atoms with van der Waals surface area (Å²) in [4.78, 5) is 10.9. The molecule has 0 amide bonds. The molecule has 0 atom stereocenters. The van der Waals surface area contributed by atoms with Gasteiger partial charge in [-0.05, 0) is 0 Å². The summed E-state index contributed by atoms with van der Waals surface area (Å²) in [7, 11) is 1.18. The minimum Gasteiger partial charge on any atom is -0.468 e. The van der Waals surface area contributed by atoms with E-state index in [1.807, 2.05) is 0 Å². The molecule has 0 bridgehead atoms. The molecule has 0 heterocycles. The fourth-order valence-electron chi connectivity index (χ4n) is 1.15. The normalized spacial score (nSPS) is 10.3. The highest BCUT2D eigenvalue weighted by Gasteiger charge is 2.13. The van der Waals surface area contributed by atoms with E-state index < -0.39 is 24.1 Å². The number of rotatable bonds is 5. The fourth-order valence-corrected chi connectivity index (χ4v) is 1.15. The average molecular weight is 264 g/mol. The van der Waals surface area contributed by atoms with Gasteiger partial charge in [0.2, 0.25) is 0 Å². The van der Waals surface area contributed by atoms with Crippen LogP contribution in [0.4, 0.5) is 24.5 Å². The predicted molar refractivity (Wildman–Crippen MR) is 58.0 cm³/mol. The Morgan fingerprint density at radius 3 is 2.72 bits per heavy atom. The summed E-state index contributed by atoms with van der Waals surface area (Å²) < 4.78 is 45.5. The second-order valence-corrected chi connectivity index (χ2v) is 3.18. The molecule has 3 N–H and O–H groups in total. The predicted octanol–water partition coefficient (Wildman–Crippen LogP) is 1.59. The summed E-state index contributed by atoms with van der Waals surface area (Å²) in [6.45, 7) is -3.39. The van der Waals surface area contributed by atoms with Crippen LogP contribution >= 0.6 is 0 Å². The molecule has 0 saturated carbocycles. The number of alkyl halides is 2. The van der Waals surface area contributed by atoms with Crippen molar-refractivity contribution in [1.29, 1.82) is 0 Å². The highest BCUT2D eigenvalue weighted by molar-refractivity contribution is 5.78. The van der Waals surface area contributed by atoms with Crippen molar-refractivity contribution < 1.29 is 27.4 Å². The molecule has 8 heteroatoms. The maximum Gasteiger partial charge on any atom is 0.387 e. The van der Waals surface area contributed by atoms with Gasteiger partial charge in [-0.3, -0.25) is 4.79 Å². The SMILES string of the molecule is COC(=O)CNc1cc(OC(F)F)c(F)cc1N. The number of nitrogens with two attached hydrogens (primary N) is 1. The van der Waals surface area contributed by atoms with E-state index in [2.05, 4.69) is 14.8 Å². The Kier molecular flexibility index (Phi) is 4.64. The molecule has 1 aromatic carbocycles. The lowest BCUT2D eigenvalue weighted by Gasteiger charge is -2.12. The molecule has 0 saturated heterocycles. The second kappa shape index (κ2) is 5.99. The van der Waals surface area contributed by atoms with Gasteiger partial charge in [0.1, 0.15) is 6.54 Å². The van der Waals surface area contributed by atoms with E-state index in [1.165, 1.54) is 7.11 Å². The van der Waals surface area contributed by atoms with Crippen molar-refractivity contribution in [3.63, 3.8) is 0 Å². The molecule has 100 valence electrons. The van der Waals surface area contributed by atoms with Gasteiger partial charge in [0.15, 0.2) is 11.6 Å². The van der Waals surface area contributed by atoms with Gasteiger partial charge in [0, 0.05) is 12.1 Å². The van der Waals surface area contributed by atoms with E-state index in [9.17, 15) is 18.0 Å². The summed E-state index contributed by atoms with van der Waals surface area (Å²) in [6, 6.07) is 1.76. The number of esters is 1. The molecule has 1 rings (SSSR count). The van der Waals surface area contributed by atoms with E-state index in [4.69, 9.17) is 5.73 Å². The van der Waals surface area contributed by atoms with Crippen molar-refractivity contribution in [2.45, 2.75) is 6.61 Å². The minimum atomic E-state index is -3.16. The number of nitrogen functional groups attached to an aromatic ring is 1. The number of halogens is 3. The molecule has 0 aliphatic carbocycles. The van der Waals surface area contributed by atoms with Crippen molar-refractivity contribution in [2.75, 3.05) is 24.7 Å². The number of hydrogen-bond donors (Lipinski definition) is 2. The molecule has 18 heavy (non-hydrogen) atoms. The molecular formula is C10H11F3N2O3. The molecule has 0 unspecified atom stereocenters. The highest BCUT2D eigenvalue weighted by Crippen LogP contribution is 2.29. The maximum atomic E-state index is 13.2. The highest BCUT2D eigenvalue weighted by atomic mass is 19.3. The molecule has 0 aliphatic heterocycles. The molecule has 0 spiro atoms. The third-order valence-corrected chi connectivity index (χ3v) is 1.97. The topological polar surface area (TPSA) is 73.6 Å². The van der Waals surface area contributed by atoms with Crippen LogP contribution in [0, 0.1) is 5.82 Å². The zero-order chi connectivity index (χ0) is 13.7. The molecule has 5 nitrogen and oxygen atoms in total. The summed E-state index contributed by atoms with van der Waals surface area (Å²) in [5, 5.41) is 2.51. The van der Waals surface area contributed by atoms with E-state index in [1.54, 1.807) is 0 Å². The van der Waals surface area contributed by atoms with Gasteiger partial charge in [-0.2, -0.15) is 8.78 Å². The van der Waals surface area contributed by atoms with Gasteiger partial charge in [0.05, 0.1) is 18.5 Å². The fraction of sp³-hybridized carbons (Fsp3) is 0.300. The molecule has 0 aromatic heterocycles. The Bertz CT molecular complexity index is 441. The Hall–Kier alpha value is -2.12. The standard InChI is InChI=1S/C10H11F3N2O3/c1-17-9(16)4-15-7-3-8(18-10(12)13)5(11)2-6(7)14/h2-3,10,15H,4,14H2,1H3. The zero-order valence-corrected chi connectivity index (χ0v) is 9.38. The number of carbonyl (C=O) groups is 1. The Morgan fingerprint density at radius 1 is 1.50 bits per heavy atom. The lowest BCUT2D eigenvalue weighted by Crippen LogP contribution is -2.16. The van der Waals surface area contributed by atoms with Crippen LogP contribution in [0.5, 0.6) is 5.75 Å². The first-order valence-corrected chi connectivity index (χ1v) is 4.78. The van der Waals surface area contributed by atoms with Crippen LogP contribution in [-0.4, -0.2) is 26.2 Å². The van der Waals surface area contributed by atoms with Crippen molar-refractivity contribution in [3.05, 3.63) is 17.9 Å². The van der Waals surface area contributed by atoms with Crippen LogP contribution in [0.2, 0.25) is 0 Å². The number of methoxy groups -OCH3 is 1. The number of ether oxygens (including phenoxy) is 2.